The van der Waals surface area contributed by atoms with Gasteiger partial charge in [0.2, 0.25) is 5.95 Å². The third-order valence-corrected chi connectivity index (χ3v) is 5.52. The van der Waals surface area contributed by atoms with Crippen molar-refractivity contribution in [3.05, 3.63) is 36.9 Å². The summed E-state index contributed by atoms with van der Waals surface area (Å²) in [5, 5.41) is 3.42. The number of nitrogens with one attached hydrogen (secondary N) is 1. The molecule has 0 spiro atoms. The van der Waals surface area contributed by atoms with Crippen LogP contribution in [0.25, 0.3) is 5.65 Å². The van der Waals surface area contributed by atoms with Crippen molar-refractivity contribution < 1.29 is 9.47 Å². The van der Waals surface area contributed by atoms with Crippen LogP contribution in [0.3, 0.4) is 0 Å². The van der Waals surface area contributed by atoms with Crippen molar-refractivity contribution in [1.29, 1.82) is 0 Å². The van der Waals surface area contributed by atoms with Gasteiger partial charge in [-0.15, -0.1) is 0 Å². The number of morpholine rings is 1. The highest BCUT2D eigenvalue weighted by atomic mass is 16.5. The van der Waals surface area contributed by atoms with Gasteiger partial charge in [0.1, 0.15) is 17.6 Å². The van der Waals surface area contributed by atoms with E-state index in [1.54, 1.807) is 18.6 Å². The van der Waals surface area contributed by atoms with Gasteiger partial charge in [-0.2, -0.15) is 4.98 Å². The normalized spacial score (nSPS) is 22.6. The summed E-state index contributed by atoms with van der Waals surface area (Å²) in [6.07, 6.45) is 11.3. The van der Waals surface area contributed by atoms with Crippen molar-refractivity contribution in [1.82, 2.24) is 24.3 Å². The number of hydrogen-bond acceptors (Lipinski definition) is 8. The molecule has 4 heterocycles. The van der Waals surface area contributed by atoms with Crippen LogP contribution >= 0.6 is 0 Å². The predicted octanol–water partition coefficient (Wildman–Crippen LogP) is 2.16. The lowest BCUT2D eigenvalue weighted by atomic mass is 9.93. The zero-order valence-electron chi connectivity index (χ0n) is 16.3. The fourth-order valence-electron chi connectivity index (χ4n) is 3.95. The number of nitrogens with zero attached hydrogens (tertiary/aromatic N) is 6. The Morgan fingerprint density at radius 1 is 1.00 bits per heavy atom. The molecule has 1 aliphatic carbocycles. The quantitative estimate of drug-likeness (QED) is 0.703. The maximum atomic E-state index is 6.35. The molecular weight excluding hydrogens is 370 g/mol. The highest BCUT2D eigenvalue weighted by Gasteiger charge is 2.25. The van der Waals surface area contributed by atoms with E-state index in [1.807, 2.05) is 22.7 Å². The number of hydrogen-bond donors (Lipinski definition) is 1. The first kappa shape index (κ1) is 18.1. The van der Waals surface area contributed by atoms with Gasteiger partial charge in [0, 0.05) is 50.0 Å². The molecule has 2 aliphatic rings. The molecule has 9 heteroatoms. The molecule has 1 aliphatic heterocycles. The van der Waals surface area contributed by atoms with Crippen LogP contribution in [-0.4, -0.2) is 62.8 Å². The van der Waals surface area contributed by atoms with Crippen LogP contribution in [0, 0.1) is 0 Å². The molecule has 0 unspecified atom stereocenters. The SMILES string of the molecule is c1cnc(N[C@H]2CC[C@@H](Oc3nc(N4CCOCC4)cc4nccn34)CC2)nc1. The molecule has 152 valence electrons. The van der Waals surface area contributed by atoms with Gasteiger partial charge in [0.15, 0.2) is 0 Å². The zero-order valence-corrected chi connectivity index (χ0v) is 16.3. The Hall–Kier alpha value is -2.94. The van der Waals surface area contributed by atoms with E-state index >= 15 is 0 Å². The second kappa shape index (κ2) is 8.20. The first-order valence-corrected chi connectivity index (χ1v) is 10.2. The van der Waals surface area contributed by atoms with Crippen molar-refractivity contribution >= 4 is 17.4 Å². The molecule has 0 radical (unpaired) electrons. The zero-order chi connectivity index (χ0) is 19.5. The summed E-state index contributed by atoms with van der Waals surface area (Å²) < 4.78 is 13.7. The molecule has 9 nitrogen and oxygen atoms in total. The molecule has 1 saturated heterocycles. The number of rotatable bonds is 5. The Labute approximate surface area is 169 Å². The van der Waals surface area contributed by atoms with E-state index in [9.17, 15) is 0 Å². The van der Waals surface area contributed by atoms with E-state index < -0.39 is 0 Å². The third-order valence-electron chi connectivity index (χ3n) is 5.52. The summed E-state index contributed by atoms with van der Waals surface area (Å²) in [6, 6.07) is 4.83. The minimum absolute atomic E-state index is 0.141. The van der Waals surface area contributed by atoms with Crippen molar-refractivity contribution in [3.8, 4) is 6.01 Å². The van der Waals surface area contributed by atoms with Crippen LogP contribution in [-0.2, 0) is 4.74 Å². The van der Waals surface area contributed by atoms with Gasteiger partial charge in [-0.1, -0.05) is 0 Å². The lowest BCUT2D eigenvalue weighted by molar-refractivity contribution is 0.121. The number of anilines is 2. The molecule has 5 rings (SSSR count). The maximum Gasteiger partial charge on any atom is 0.304 e. The Balaban J connectivity index is 1.26. The van der Waals surface area contributed by atoms with E-state index in [2.05, 4.69) is 25.2 Å². The molecule has 0 amide bonds. The molecule has 1 saturated carbocycles. The molecule has 2 fully saturated rings. The summed E-state index contributed by atoms with van der Waals surface area (Å²) in [4.78, 5) is 20.0. The summed E-state index contributed by atoms with van der Waals surface area (Å²) in [6.45, 7) is 3.11. The largest absolute Gasteiger partial charge is 0.461 e. The molecule has 0 atom stereocenters. The molecule has 0 bridgehead atoms. The van der Waals surface area contributed by atoms with Gasteiger partial charge in [-0.25, -0.2) is 15.0 Å². The van der Waals surface area contributed by atoms with Gasteiger partial charge in [-0.3, -0.25) is 4.40 Å². The van der Waals surface area contributed by atoms with Crippen LogP contribution in [0.2, 0.25) is 0 Å². The van der Waals surface area contributed by atoms with Gasteiger partial charge < -0.3 is 19.7 Å². The van der Waals surface area contributed by atoms with E-state index in [0.717, 1.165) is 63.5 Å². The van der Waals surface area contributed by atoms with Crippen molar-refractivity contribution in [2.45, 2.75) is 37.8 Å². The van der Waals surface area contributed by atoms with Gasteiger partial charge in [-0.05, 0) is 31.7 Å². The smallest absolute Gasteiger partial charge is 0.304 e. The lowest BCUT2D eigenvalue weighted by Gasteiger charge is -2.30. The summed E-state index contributed by atoms with van der Waals surface area (Å²) in [5.74, 6) is 1.59. The molecule has 3 aromatic rings. The van der Waals surface area contributed by atoms with E-state index in [1.165, 1.54) is 0 Å². The van der Waals surface area contributed by atoms with E-state index in [-0.39, 0.29) is 6.10 Å². The van der Waals surface area contributed by atoms with Crippen LogP contribution in [0.1, 0.15) is 25.7 Å². The minimum Gasteiger partial charge on any atom is -0.461 e. The Morgan fingerprint density at radius 2 is 1.79 bits per heavy atom. The fourth-order valence-corrected chi connectivity index (χ4v) is 3.95. The second-order valence-electron chi connectivity index (χ2n) is 7.46. The number of imidazole rings is 1. The van der Waals surface area contributed by atoms with E-state index in [0.29, 0.717) is 18.0 Å². The minimum atomic E-state index is 0.141. The first-order valence-electron chi connectivity index (χ1n) is 10.2. The topological polar surface area (TPSA) is 89.7 Å². The van der Waals surface area contributed by atoms with Crippen LogP contribution < -0.4 is 15.0 Å². The fraction of sp³-hybridized carbons (Fsp3) is 0.500. The highest BCUT2D eigenvalue weighted by Crippen LogP contribution is 2.27. The molecule has 0 aromatic carbocycles. The van der Waals surface area contributed by atoms with Gasteiger partial charge in [0.25, 0.3) is 0 Å². The Kier molecular flexibility index (Phi) is 5.12. The van der Waals surface area contributed by atoms with Gasteiger partial charge >= 0.3 is 6.01 Å². The molecule has 29 heavy (non-hydrogen) atoms. The van der Waals surface area contributed by atoms with Gasteiger partial charge in [0.05, 0.1) is 13.2 Å². The van der Waals surface area contributed by atoms with Crippen molar-refractivity contribution in [2.75, 3.05) is 36.5 Å². The van der Waals surface area contributed by atoms with E-state index in [4.69, 9.17) is 14.5 Å². The summed E-state index contributed by atoms with van der Waals surface area (Å²) in [5.41, 5.74) is 0.855. The Bertz CT molecular complexity index is 934. The lowest BCUT2D eigenvalue weighted by Crippen LogP contribution is -2.37. The first-order chi connectivity index (χ1) is 14.3. The average molecular weight is 395 g/mol. The van der Waals surface area contributed by atoms with Crippen LogP contribution in [0.4, 0.5) is 11.8 Å². The Morgan fingerprint density at radius 3 is 2.59 bits per heavy atom. The maximum absolute atomic E-state index is 6.35. The standard InChI is InChI=1S/C20H25N7O2/c1-6-22-19(23-7-1)24-15-2-4-16(5-3-15)29-20-25-18(26-10-12-28-13-11-26)14-17-21-8-9-27(17)20/h1,6-9,14-16H,2-5,10-13H2,(H,22,23,24)/t15-,16+. The summed E-state index contributed by atoms with van der Waals surface area (Å²) in [7, 11) is 0. The van der Waals surface area contributed by atoms with Crippen LogP contribution in [0.5, 0.6) is 6.01 Å². The highest BCUT2D eigenvalue weighted by molar-refractivity contribution is 5.53. The number of aromatic nitrogens is 5. The third kappa shape index (κ3) is 4.09. The van der Waals surface area contributed by atoms with Crippen molar-refractivity contribution in [3.63, 3.8) is 0 Å². The average Bonchev–Trinajstić information content (AvgIpc) is 3.26. The monoisotopic (exact) mass is 395 g/mol. The molecule has 3 aromatic heterocycles. The number of ether oxygens (including phenoxy) is 2. The molecule has 1 N–H and O–H groups in total. The molecular formula is C20H25N7O2. The van der Waals surface area contributed by atoms with Crippen molar-refractivity contribution in [2.24, 2.45) is 0 Å². The summed E-state index contributed by atoms with van der Waals surface area (Å²) >= 11 is 0. The predicted molar refractivity (Wildman–Crippen MR) is 108 cm³/mol. The second-order valence-corrected chi connectivity index (χ2v) is 7.46. The van der Waals surface area contributed by atoms with Crippen LogP contribution in [0.15, 0.2) is 36.9 Å². The number of fused-ring (bicyclic) bond motifs is 1.